The Bertz CT molecular complexity index is 788. The van der Waals surface area contributed by atoms with Crippen molar-refractivity contribution in [3.8, 4) is 5.88 Å². The van der Waals surface area contributed by atoms with Crippen molar-refractivity contribution in [3.63, 3.8) is 0 Å². The summed E-state index contributed by atoms with van der Waals surface area (Å²) in [6.07, 6.45) is 13.1. The number of ether oxygens (including phenoxy) is 1. The number of hydrogen-bond donors (Lipinski definition) is 1. The summed E-state index contributed by atoms with van der Waals surface area (Å²) in [4.78, 5) is 4.91. The van der Waals surface area contributed by atoms with Gasteiger partial charge in [0.25, 0.3) is 0 Å². The van der Waals surface area contributed by atoms with Gasteiger partial charge in [-0.05, 0) is 86.4 Å². The van der Waals surface area contributed by atoms with Gasteiger partial charge >= 0.3 is 0 Å². The van der Waals surface area contributed by atoms with Crippen LogP contribution in [0.3, 0.4) is 0 Å². The lowest BCUT2D eigenvalue weighted by Gasteiger charge is -2.58. The normalized spacial score (nSPS) is 43.9. The number of aliphatic hydroxyl groups is 1. The third kappa shape index (κ3) is 3.12. The van der Waals surface area contributed by atoms with Crippen LogP contribution in [0.1, 0.15) is 89.5 Å². The first-order valence-electron chi connectivity index (χ1n) is 11.9. The van der Waals surface area contributed by atoms with E-state index in [1.165, 1.54) is 43.5 Å². The summed E-state index contributed by atoms with van der Waals surface area (Å²) in [5.41, 5.74) is 2.30. The van der Waals surface area contributed by atoms with Gasteiger partial charge in [-0.3, -0.25) is 0 Å². The topological polar surface area (TPSA) is 42.4 Å². The Morgan fingerprint density at radius 3 is 2.86 bits per heavy atom. The second kappa shape index (κ2) is 7.37. The van der Waals surface area contributed by atoms with E-state index in [1.54, 1.807) is 5.57 Å². The Balaban J connectivity index is 1.39. The molecule has 0 bridgehead atoms. The maximum atomic E-state index is 10.2. The van der Waals surface area contributed by atoms with Crippen molar-refractivity contribution in [3.05, 3.63) is 22.0 Å². The van der Waals surface area contributed by atoms with Crippen LogP contribution in [-0.2, 0) is 0 Å². The molecule has 3 nitrogen and oxygen atoms in total. The largest absolute Gasteiger partial charge is 0.477 e. The predicted octanol–water partition coefficient (Wildman–Crippen LogP) is 6.34. The molecule has 0 spiro atoms. The first-order chi connectivity index (χ1) is 14.0. The number of rotatable bonds is 4. The smallest absolute Gasteiger partial charge is 0.224 e. The molecule has 3 saturated carbocycles. The molecule has 7 unspecified atom stereocenters. The van der Waals surface area contributed by atoms with Crippen molar-refractivity contribution in [2.24, 2.45) is 28.6 Å². The van der Waals surface area contributed by atoms with Crippen LogP contribution in [0.4, 0.5) is 0 Å². The number of fused-ring (bicyclic) bond motifs is 5. The van der Waals surface area contributed by atoms with Crippen molar-refractivity contribution in [1.82, 2.24) is 4.98 Å². The summed E-state index contributed by atoms with van der Waals surface area (Å²) < 4.78 is 5.80. The molecule has 7 atom stereocenters. The molecule has 5 rings (SSSR count). The molecular weight excluding hydrogens is 378 g/mol. The lowest BCUT2D eigenvalue weighted by atomic mass is 9.47. The van der Waals surface area contributed by atoms with Crippen molar-refractivity contribution < 1.29 is 9.84 Å². The fourth-order valence-corrected chi connectivity index (χ4v) is 8.79. The second-order valence-electron chi connectivity index (χ2n) is 10.7. The number of nitrogens with zero attached hydrogens (tertiary/aromatic N) is 1. The van der Waals surface area contributed by atoms with E-state index in [2.05, 4.69) is 32.2 Å². The maximum Gasteiger partial charge on any atom is 0.224 e. The Hall–Kier alpha value is -0.870. The van der Waals surface area contributed by atoms with Crippen molar-refractivity contribution >= 4 is 11.3 Å². The fraction of sp³-hybridized carbons (Fsp3) is 0.800. The lowest BCUT2D eigenvalue weighted by Crippen LogP contribution is -2.50. The Morgan fingerprint density at radius 2 is 2.03 bits per heavy atom. The Morgan fingerprint density at radius 1 is 1.17 bits per heavy atom. The van der Waals surface area contributed by atoms with E-state index in [9.17, 15) is 5.11 Å². The van der Waals surface area contributed by atoms with Gasteiger partial charge in [-0.25, -0.2) is 4.98 Å². The lowest BCUT2D eigenvalue weighted by molar-refractivity contribution is -0.0409. The first-order valence-corrected chi connectivity index (χ1v) is 12.8. The molecule has 1 aromatic heterocycles. The molecule has 0 saturated heterocycles. The van der Waals surface area contributed by atoms with Crippen LogP contribution in [0.15, 0.2) is 17.0 Å². The van der Waals surface area contributed by atoms with E-state index >= 15 is 0 Å². The molecule has 0 aromatic carbocycles. The SMILES string of the molecule is CCCOc1csc(C2CCC3C4CC=C5CC(O)CCC5(C)C4CCC23C)n1. The monoisotopic (exact) mass is 415 g/mol. The van der Waals surface area contributed by atoms with E-state index in [4.69, 9.17) is 9.72 Å². The van der Waals surface area contributed by atoms with Crippen LogP contribution in [-0.4, -0.2) is 22.8 Å². The van der Waals surface area contributed by atoms with Crippen LogP contribution < -0.4 is 4.74 Å². The quantitative estimate of drug-likeness (QED) is 0.584. The molecule has 0 radical (unpaired) electrons. The van der Waals surface area contributed by atoms with Gasteiger partial charge in [-0.1, -0.05) is 32.4 Å². The summed E-state index contributed by atoms with van der Waals surface area (Å²) >= 11 is 1.82. The van der Waals surface area contributed by atoms with E-state index in [0.29, 0.717) is 16.7 Å². The summed E-state index contributed by atoms with van der Waals surface area (Å²) in [5.74, 6) is 3.89. The maximum absolute atomic E-state index is 10.2. The molecule has 160 valence electrons. The molecule has 0 amide bonds. The van der Waals surface area contributed by atoms with Gasteiger partial charge in [0, 0.05) is 5.92 Å². The summed E-state index contributed by atoms with van der Waals surface area (Å²) in [6, 6.07) is 0. The average Bonchev–Trinajstić information content (AvgIpc) is 3.30. The van der Waals surface area contributed by atoms with Crippen molar-refractivity contribution in [1.29, 1.82) is 0 Å². The van der Waals surface area contributed by atoms with Crippen molar-refractivity contribution in [2.45, 2.75) is 90.6 Å². The first kappa shape index (κ1) is 20.1. The molecular formula is C25H37NO2S. The van der Waals surface area contributed by atoms with Crippen molar-refractivity contribution in [2.75, 3.05) is 6.61 Å². The predicted molar refractivity (Wildman–Crippen MR) is 118 cm³/mol. The minimum absolute atomic E-state index is 0.107. The average molecular weight is 416 g/mol. The van der Waals surface area contributed by atoms with Gasteiger partial charge in [-0.2, -0.15) is 0 Å². The van der Waals surface area contributed by atoms with E-state index in [1.807, 2.05) is 11.3 Å². The van der Waals surface area contributed by atoms with Gasteiger partial charge in [0.15, 0.2) is 0 Å². The molecule has 4 aliphatic rings. The number of allylic oxidation sites excluding steroid dienone is 1. The minimum atomic E-state index is -0.107. The van der Waals surface area contributed by atoms with Crippen LogP contribution in [0.25, 0.3) is 0 Å². The highest BCUT2D eigenvalue weighted by Crippen LogP contribution is 2.68. The van der Waals surface area contributed by atoms with Gasteiger partial charge in [0.2, 0.25) is 5.88 Å². The zero-order valence-electron chi connectivity index (χ0n) is 18.3. The molecule has 29 heavy (non-hydrogen) atoms. The second-order valence-corrected chi connectivity index (χ2v) is 11.6. The Labute approximate surface area is 180 Å². The number of aromatic nitrogens is 1. The van der Waals surface area contributed by atoms with Crippen LogP contribution >= 0.6 is 11.3 Å². The van der Waals surface area contributed by atoms with E-state index in [0.717, 1.165) is 49.5 Å². The minimum Gasteiger partial charge on any atom is -0.477 e. The summed E-state index contributed by atoms with van der Waals surface area (Å²) in [7, 11) is 0. The van der Waals surface area contributed by atoms with Gasteiger partial charge in [-0.15, -0.1) is 11.3 Å². The number of aliphatic hydroxyl groups excluding tert-OH is 1. The van der Waals surface area contributed by atoms with Gasteiger partial charge < -0.3 is 9.84 Å². The standard InChI is InChI=1S/C25H37NO2S/c1-4-13-28-22-15-29-23(26-22)21-8-7-19-18-6-5-16-14-17(27)9-11-24(16,2)20(18)10-12-25(19,21)3/h5,15,17-21,27H,4,6-14H2,1-3H3. The zero-order valence-corrected chi connectivity index (χ0v) is 19.1. The summed E-state index contributed by atoms with van der Waals surface area (Å²) in [6.45, 7) is 8.01. The summed E-state index contributed by atoms with van der Waals surface area (Å²) in [5, 5.41) is 13.7. The van der Waals surface area contributed by atoms with Crippen LogP contribution in [0.2, 0.25) is 0 Å². The zero-order chi connectivity index (χ0) is 20.2. The highest BCUT2D eigenvalue weighted by molar-refractivity contribution is 7.09. The molecule has 4 heteroatoms. The highest BCUT2D eigenvalue weighted by atomic mass is 32.1. The fourth-order valence-electron chi connectivity index (χ4n) is 7.75. The highest BCUT2D eigenvalue weighted by Gasteiger charge is 2.59. The third-order valence-corrected chi connectivity index (χ3v) is 10.3. The molecule has 0 aliphatic heterocycles. The van der Waals surface area contributed by atoms with Crippen LogP contribution in [0.5, 0.6) is 5.88 Å². The van der Waals surface area contributed by atoms with Crippen LogP contribution in [0, 0.1) is 28.6 Å². The number of thiazole rings is 1. The van der Waals surface area contributed by atoms with E-state index in [-0.39, 0.29) is 6.10 Å². The molecule has 4 aliphatic carbocycles. The molecule has 1 aromatic rings. The molecule has 3 fully saturated rings. The number of hydrogen-bond acceptors (Lipinski definition) is 4. The third-order valence-electron chi connectivity index (χ3n) is 9.33. The Kier molecular flexibility index (Phi) is 5.10. The van der Waals surface area contributed by atoms with E-state index < -0.39 is 0 Å². The van der Waals surface area contributed by atoms with Gasteiger partial charge in [0.05, 0.1) is 18.1 Å². The molecule has 1 heterocycles. The van der Waals surface area contributed by atoms with Gasteiger partial charge in [0.1, 0.15) is 5.01 Å². The molecule has 1 N–H and O–H groups in total.